The number of halogens is 1. The van der Waals surface area contributed by atoms with Crippen molar-refractivity contribution in [3.05, 3.63) is 22.4 Å². The fraction of sp³-hybridized carbons (Fsp3) is 0.688. The molecular formula is C16H29IN4S. The SMILES string of the molecule is CN=C(NCC(C)N(C)C1CC1)N(C)CCc1cccs1.I. The minimum absolute atomic E-state index is 0. The van der Waals surface area contributed by atoms with Crippen LogP contribution in [0.15, 0.2) is 22.5 Å². The molecule has 0 saturated heterocycles. The van der Waals surface area contributed by atoms with E-state index in [0.717, 1.165) is 31.5 Å². The zero-order valence-electron chi connectivity index (χ0n) is 14.1. The van der Waals surface area contributed by atoms with E-state index in [1.165, 1.54) is 17.7 Å². The van der Waals surface area contributed by atoms with Gasteiger partial charge in [-0.25, -0.2) is 0 Å². The van der Waals surface area contributed by atoms with Crippen molar-refractivity contribution in [1.82, 2.24) is 15.1 Å². The van der Waals surface area contributed by atoms with Crippen LogP contribution in [0.5, 0.6) is 0 Å². The van der Waals surface area contributed by atoms with Crippen LogP contribution in [0.4, 0.5) is 0 Å². The van der Waals surface area contributed by atoms with Gasteiger partial charge in [-0.3, -0.25) is 9.89 Å². The standard InChI is InChI=1S/C16H28N4S.HI/c1-13(20(4)14-7-8-14)12-18-16(17-2)19(3)10-9-15-6-5-11-21-15;/h5-6,11,13-14H,7-10,12H2,1-4H3,(H,17,18);1H. The van der Waals surface area contributed by atoms with Gasteiger partial charge in [0.1, 0.15) is 0 Å². The Kier molecular flexibility index (Phi) is 8.71. The van der Waals surface area contributed by atoms with Crippen molar-refractivity contribution in [3.63, 3.8) is 0 Å². The molecule has 1 aromatic rings. The molecular weight excluding hydrogens is 407 g/mol. The highest BCUT2D eigenvalue weighted by atomic mass is 127. The van der Waals surface area contributed by atoms with Crippen molar-refractivity contribution in [2.24, 2.45) is 4.99 Å². The molecule has 6 heteroatoms. The molecule has 1 fully saturated rings. The van der Waals surface area contributed by atoms with Crippen LogP contribution in [0.2, 0.25) is 0 Å². The number of thiophene rings is 1. The van der Waals surface area contributed by atoms with Gasteiger partial charge in [0.25, 0.3) is 0 Å². The van der Waals surface area contributed by atoms with Gasteiger partial charge in [0.15, 0.2) is 5.96 Å². The molecule has 1 aliphatic rings. The monoisotopic (exact) mass is 436 g/mol. The minimum atomic E-state index is 0. The zero-order valence-corrected chi connectivity index (χ0v) is 17.2. The summed E-state index contributed by atoms with van der Waals surface area (Å²) in [5.41, 5.74) is 0. The number of likely N-dealkylation sites (N-methyl/N-ethyl adjacent to an activating group) is 2. The van der Waals surface area contributed by atoms with Crippen molar-refractivity contribution in [2.75, 3.05) is 34.2 Å². The highest BCUT2D eigenvalue weighted by Gasteiger charge is 2.29. The van der Waals surface area contributed by atoms with Crippen LogP contribution in [0.3, 0.4) is 0 Å². The summed E-state index contributed by atoms with van der Waals surface area (Å²) in [6, 6.07) is 5.66. The normalized spacial score (nSPS) is 16.3. The molecule has 1 aromatic heterocycles. The molecule has 1 aliphatic carbocycles. The summed E-state index contributed by atoms with van der Waals surface area (Å²) in [6.07, 6.45) is 3.79. The predicted octanol–water partition coefficient (Wildman–Crippen LogP) is 2.90. The highest BCUT2D eigenvalue weighted by molar-refractivity contribution is 14.0. The lowest BCUT2D eigenvalue weighted by molar-refractivity contribution is 0.246. The fourth-order valence-corrected chi connectivity index (χ4v) is 3.15. The maximum atomic E-state index is 4.40. The zero-order chi connectivity index (χ0) is 15.2. The van der Waals surface area contributed by atoms with E-state index in [2.05, 4.69) is 58.6 Å². The number of aliphatic imine (C=N–C) groups is 1. The molecule has 1 N–H and O–H groups in total. The Labute approximate surface area is 156 Å². The molecule has 0 bridgehead atoms. The summed E-state index contributed by atoms with van der Waals surface area (Å²) in [5, 5.41) is 5.64. The lowest BCUT2D eigenvalue weighted by Gasteiger charge is -2.28. The number of hydrogen-bond acceptors (Lipinski definition) is 3. The number of nitrogens with one attached hydrogen (secondary N) is 1. The van der Waals surface area contributed by atoms with Crippen molar-refractivity contribution in [3.8, 4) is 0 Å². The molecule has 126 valence electrons. The lowest BCUT2D eigenvalue weighted by atomic mass is 10.3. The summed E-state index contributed by atoms with van der Waals surface area (Å²) in [6.45, 7) is 4.22. The first-order valence-electron chi connectivity index (χ1n) is 7.78. The molecule has 0 radical (unpaired) electrons. The quantitative estimate of drug-likeness (QED) is 0.405. The first kappa shape index (κ1) is 19.7. The molecule has 4 nitrogen and oxygen atoms in total. The van der Waals surface area contributed by atoms with Crippen LogP contribution in [0.1, 0.15) is 24.6 Å². The molecule has 1 atom stereocenters. The van der Waals surface area contributed by atoms with E-state index in [4.69, 9.17) is 0 Å². The predicted molar refractivity (Wildman–Crippen MR) is 108 cm³/mol. The van der Waals surface area contributed by atoms with Crippen LogP contribution in [0, 0.1) is 0 Å². The van der Waals surface area contributed by atoms with Crippen molar-refractivity contribution >= 4 is 41.3 Å². The van der Waals surface area contributed by atoms with Crippen LogP contribution in [-0.2, 0) is 6.42 Å². The Morgan fingerprint density at radius 1 is 1.45 bits per heavy atom. The van der Waals surface area contributed by atoms with Crippen molar-refractivity contribution in [2.45, 2.75) is 38.3 Å². The van der Waals surface area contributed by atoms with Gasteiger partial charge in [-0.2, -0.15) is 0 Å². The second-order valence-electron chi connectivity index (χ2n) is 5.92. The molecule has 0 spiro atoms. The largest absolute Gasteiger partial charge is 0.355 e. The third-order valence-corrected chi connectivity index (χ3v) is 5.16. The maximum Gasteiger partial charge on any atom is 0.193 e. The first-order chi connectivity index (χ1) is 10.1. The second-order valence-corrected chi connectivity index (χ2v) is 6.96. The molecule has 1 unspecified atom stereocenters. The summed E-state index contributed by atoms with van der Waals surface area (Å²) in [4.78, 5) is 10.5. The van der Waals surface area contributed by atoms with Crippen LogP contribution >= 0.6 is 35.3 Å². The molecule has 0 aromatic carbocycles. The van der Waals surface area contributed by atoms with Crippen LogP contribution in [0.25, 0.3) is 0 Å². The molecule has 0 amide bonds. The Morgan fingerprint density at radius 2 is 2.18 bits per heavy atom. The second kappa shape index (κ2) is 9.72. The third kappa shape index (κ3) is 6.04. The highest BCUT2D eigenvalue weighted by Crippen LogP contribution is 2.26. The van der Waals surface area contributed by atoms with Gasteiger partial charge in [0.2, 0.25) is 0 Å². The number of hydrogen-bond donors (Lipinski definition) is 1. The Morgan fingerprint density at radius 3 is 2.73 bits per heavy atom. The average Bonchev–Trinajstić information content (AvgIpc) is 3.21. The topological polar surface area (TPSA) is 30.9 Å². The van der Waals surface area contributed by atoms with Gasteiger partial charge in [-0.1, -0.05) is 6.07 Å². The van der Waals surface area contributed by atoms with E-state index in [1.807, 2.05) is 18.4 Å². The molecule has 2 rings (SSSR count). The number of nitrogens with zero attached hydrogens (tertiary/aromatic N) is 3. The van der Waals surface area contributed by atoms with Crippen molar-refractivity contribution < 1.29 is 0 Å². The summed E-state index contributed by atoms with van der Waals surface area (Å²) >= 11 is 1.82. The Hall–Kier alpha value is -0.340. The molecule has 1 saturated carbocycles. The van der Waals surface area contributed by atoms with Gasteiger partial charge in [-0.15, -0.1) is 35.3 Å². The first-order valence-corrected chi connectivity index (χ1v) is 8.66. The molecule has 0 aliphatic heterocycles. The van der Waals surface area contributed by atoms with Gasteiger partial charge in [-0.05, 0) is 44.7 Å². The fourth-order valence-electron chi connectivity index (χ4n) is 2.45. The van der Waals surface area contributed by atoms with E-state index < -0.39 is 0 Å². The smallest absolute Gasteiger partial charge is 0.193 e. The summed E-state index contributed by atoms with van der Waals surface area (Å²) in [7, 11) is 6.20. The van der Waals surface area contributed by atoms with Gasteiger partial charge >= 0.3 is 0 Å². The van der Waals surface area contributed by atoms with Gasteiger partial charge in [0.05, 0.1) is 0 Å². The van der Waals surface area contributed by atoms with Gasteiger partial charge in [0, 0.05) is 44.1 Å². The minimum Gasteiger partial charge on any atom is -0.355 e. The number of rotatable bonds is 7. The van der Waals surface area contributed by atoms with Crippen LogP contribution in [-0.4, -0.2) is 62.1 Å². The Balaban J connectivity index is 0.00000242. The molecule has 1 heterocycles. The van der Waals surface area contributed by atoms with E-state index in [-0.39, 0.29) is 24.0 Å². The Bertz CT molecular complexity index is 445. The van der Waals surface area contributed by atoms with Gasteiger partial charge < -0.3 is 10.2 Å². The third-order valence-electron chi connectivity index (χ3n) is 4.22. The number of guanidine groups is 1. The van der Waals surface area contributed by atoms with Crippen LogP contribution < -0.4 is 5.32 Å². The van der Waals surface area contributed by atoms with E-state index >= 15 is 0 Å². The summed E-state index contributed by atoms with van der Waals surface area (Å²) in [5.74, 6) is 0.989. The van der Waals surface area contributed by atoms with Crippen molar-refractivity contribution in [1.29, 1.82) is 0 Å². The van der Waals surface area contributed by atoms with E-state index in [0.29, 0.717) is 6.04 Å². The average molecular weight is 436 g/mol. The lowest BCUT2D eigenvalue weighted by Crippen LogP contribution is -2.46. The molecule has 22 heavy (non-hydrogen) atoms. The van der Waals surface area contributed by atoms with E-state index in [9.17, 15) is 0 Å². The summed E-state index contributed by atoms with van der Waals surface area (Å²) < 4.78 is 0. The maximum absolute atomic E-state index is 4.40. The van der Waals surface area contributed by atoms with E-state index in [1.54, 1.807) is 0 Å².